The summed E-state index contributed by atoms with van der Waals surface area (Å²) in [5.41, 5.74) is 0.896. The van der Waals surface area contributed by atoms with Crippen LogP contribution in [0.3, 0.4) is 0 Å². The Hall–Kier alpha value is -3.18. The topological polar surface area (TPSA) is 115 Å². The zero-order valence-corrected chi connectivity index (χ0v) is 19.1. The maximum atomic E-state index is 13.2. The Morgan fingerprint density at radius 2 is 1.75 bits per heavy atom. The van der Waals surface area contributed by atoms with Crippen LogP contribution in [0.15, 0.2) is 41.3 Å². The molecule has 0 aliphatic carbocycles. The van der Waals surface area contributed by atoms with E-state index in [0.717, 1.165) is 54.5 Å². The number of hydrogen-bond acceptors (Lipinski definition) is 9. The van der Waals surface area contributed by atoms with Crippen LogP contribution in [0.1, 0.15) is 33.6 Å². The van der Waals surface area contributed by atoms with E-state index in [1.807, 2.05) is 0 Å². The van der Waals surface area contributed by atoms with Gasteiger partial charge in [-0.05, 0) is 49.2 Å². The molecule has 4 rings (SSSR count). The molecule has 0 atom stereocenters. The molecular formula is C21H21N3O6S2. The van der Waals surface area contributed by atoms with Crippen LogP contribution < -0.4 is 9.62 Å². The Morgan fingerprint density at radius 3 is 2.44 bits per heavy atom. The summed E-state index contributed by atoms with van der Waals surface area (Å²) in [4.78, 5) is 30.5. The highest BCUT2D eigenvalue weighted by Gasteiger charge is 2.26. The number of sulfonamides is 1. The Kier molecular flexibility index (Phi) is 6.02. The summed E-state index contributed by atoms with van der Waals surface area (Å²) in [5.74, 6) is -1.56. The molecule has 1 fully saturated rings. The van der Waals surface area contributed by atoms with Gasteiger partial charge >= 0.3 is 11.9 Å². The van der Waals surface area contributed by atoms with Gasteiger partial charge in [-0.1, -0.05) is 11.3 Å². The molecule has 2 aromatic carbocycles. The van der Waals surface area contributed by atoms with E-state index in [9.17, 15) is 18.0 Å². The molecule has 0 radical (unpaired) electrons. The summed E-state index contributed by atoms with van der Waals surface area (Å²) < 4.78 is 39.0. The van der Waals surface area contributed by atoms with Crippen molar-refractivity contribution in [2.24, 2.45) is 0 Å². The second-order valence-corrected chi connectivity index (χ2v) is 9.83. The van der Waals surface area contributed by atoms with Crippen LogP contribution in [-0.2, 0) is 19.5 Å². The Bertz CT molecular complexity index is 1300. The molecule has 0 bridgehead atoms. The molecule has 0 spiro atoms. The van der Waals surface area contributed by atoms with Crippen molar-refractivity contribution in [1.29, 1.82) is 0 Å². The average Bonchev–Trinajstić information content (AvgIpc) is 3.46. The predicted octanol–water partition coefficient (Wildman–Crippen LogP) is 3.27. The number of carbonyl (C=O) groups excluding carboxylic acids is 2. The van der Waals surface area contributed by atoms with Crippen molar-refractivity contribution < 1.29 is 27.5 Å². The first-order chi connectivity index (χ1) is 15.3. The normalized spacial score (nSPS) is 13.9. The number of benzene rings is 2. The lowest BCUT2D eigenvalue weighted by Crippen LogP contribution is -2.18. The van der Waals surface area contributed by atoms with Gasteiger partial charge in [0, 0.05) is 13.1 Å². The summed E-state index contributed by atoms with van der Waals surface area (Å²) in [6.45, 7) is 1.93. The van der Waals surface area contributed by atoms with E-state index in [4.69, 9.17) is 4.74 Å². The average molecular weight is 476 g/mol. The second-order valence-electron chi connectivity index (χ2n) is 7.17. The van der Waals surface area contributed by atoms with E-state index in [2.05, 4.69) is 19.3 Å². The van der Waals surface area contributed by atoms with Gasteiger partial charge in [-0.3, -0.25) is 4.72 Å². The minimum atomic E-state index is -4.23. The SMILES string of the molecule is COC(=O)c1ccc(C(=O)OC)c(S(=O)(=O)Nc2ccc3nc(N4CCCC4)sc3c2)c1. The van der Waals surface area contributed by atoms with Crippen LogP contribution in [0.2, 0.25) is 0 Å². The first-order valence-corrected chi connectivity index (χ1v) is 12.1. The van der Waals surface area contributed by atoms with Gasteiger partial charge in [0.1, 0.15) is 4.90 Å². The number of methoxy groups -OCH3 is 2. The Balaban J connectivity index is 1.69. The summed E-state index contributed by atoms with van der Waals surface area (Å²) in [6.07, 6.45) is 2.27. The molecule has 168 valence electrons. The highest BCUT2D eigenvalue weighted by atomic mass is 32.2. The van der Waals surface area contributed by atoms with Crippen molar-refractivity contribution in [3.63, 3.8) is 0 Å². The number of anilines is 2. The molecule has 32 heavy (non-hydrogen) atoms. The van der Waals surface area contributed by atoms with Crippen LogP contribution in [0.4, 0.5) is 10.8 Å². The number of nitrogens with zero attached hydrogens (tertiary/aromatic N) is 2. The predicted molar refractivity (Wildman–Crippen MR) is 121 cm³/mol. The summed E-state index contributed by atoms with van der Waals surface area (Å²) in [7, 11) is -1.89. The number of aromatic nitrogens is 1. The summed E-state index contributed by atoms with van der Waals surface area (Å²) in [5, 5.41) is 0.913. The number of carbonyl (C=O) groups is 2. The van der Waals surface area contributed by atoms with E-state index in [0.29, 0.717) is 5.69 Å². The van der Waals surface area contributed by atoms with Gasteiger partial charge in [-0.15, -0.1) is 0 Å². The third-order valence-electron chi connectivity index (χ3n) is 5.10. The van der Waals surface area contributed by atoms with Gasteiger partial charge in [0.2, 0.25) is 0 Å². The third-order valence-corrected chi connectivity index (χ3v) is 7.60. The van der Waals surface area contributed by atoms with Gasteiger partial charge in [0.05, 0.1) is 41.3 Å². The second kappa shape index (κ2) is 8.75. The molecule has 1 aliphatic heterocycles. The summed E-state index contributed by atoms with van der Waals surface area (Å²) >= 11 is 1.50. The van der Waals surface area contributed by atoms with Gasteiger partial charge in [-0.25, -0.2) is 23.0 Å². The number of thiazole rings is 1. The van der Waals surface area contributed by atoms with Crippen molar-refractivity contribution in [2.75, 3.05) is 36.9 Å². The fraction of sp³-hybridized carbons (Fsp3) is 0.286. The number of ether oxygens (including phenoxy) is 2. The lowest BCUT2D eigenvalue weighted by atomic mass is 10.1. The van der Waals surface area contributed by atoms with Crippen LogP contribution in [0, 0.1) is 0 Å². The minimum Gasteiger partial charge on any atom is -0.465 e. The maximum absolute atomic E-state index is 13.2. The van der Waals surface area contributed by atoms with Crippen LogP contribution in [0.25, 0.3) is 10.2 Å². The molecule has 0 saturated carbocycles. The quantitative estimate of drug-likeness (QED) is 0.540. The highest BCUT2D eigenvalue weighted by molar-refractivity contribution is 7.92. The molecule has 1 N–H and O–H groups in total. The number of esters is 2. The molecule has 0 unspecified atom stereocenters. The van der Waals surface area contributed by atoms with E-state index in [1.165, 1.54) is 30.6 Å². The van der Waals surface area contributed by atoms with Crippen LogP contribution in [-0.4, -0.2) is 52.6 Å². The molecule has 11 heteroatoms. The van der Waals surface area contributed by atoms with Crippen molar-refractivity contribution >= 4 is 54.3 Å². The number of nitrogens with one attached hydrogen (secondary N) is 1. The Morgan fingerprint density at radius 1 is 1.03 bits per heavy atom. The van der Waals surface area contributed by atoms with Crippen molar-refractivity contribution in [1.82, 2.24) is 4.98 Å². The molecule has 2 heterocycles. The van der Waals surface area contributed by atoms with Crippen LogP contribution in [0.5, 0.6) is 0 Å². The van der Waals surface area contributed by atoms with E-state index in [1.54, 1.807) is 18.2 Å². The molecular weight excluding hydrogens is 454 g/mol. The first-order valence-electron chi connectivity index (χ1n) is 9.81. The first kappa shape index (κ1) is 22.0. The largest absolute Gasteiger partial charge is 0.465 e. The molecule has 0 amide bonds. The smallest absolute Gasteiger partial charge is 0.339 e. The Labute approximate surface area is 189 Å². The fourth-order valence-corrected chi connectivity index (χ4v) is 5.82. The van der Waals surface area contributed by atoms with Crippen LogP contribution >= 0.6 is 11.3 Å². The lowest BCUT2D eigenvalue weighted by molar-refractivity contribution is 0.0583. The standard InChI is InChI=1S/C21H21N3O6S2/c1-29-19(25)13-5-7-15(20(26)30-2)18(11-13)32(27,28)23-14-6-8-16-17(12-14)31-21(22-16)24-9-3-4-10-24/h5-8,11-12,23H,3-4,9-10H2,1-2H3. The zero-order chi connectivity index (χ0) is 22.9. The number of hydrogen-bond donors (Lipinski definition) is 1. The van der Waals surface area contributed by atoms with Crippen molar-refractivity contribution in [3.05, 3.63) is 47.5 Å². The minimum absolute atomic E-state index is 0.00584. The van der Waals surface area contributed by atoms with E-state index >= 15 is 0 Å². The third kappa shape index (κ3) is 4.26. The molecule has 9 nitrogen and oxygen atoms in total. The number of fused-ring (bicyclic) bond motifs is 1. The van der Waals surface area contributed by atoms with E-state index in [-0.39, 0.29) is 16.0 Å². The van der Waals surface area contributed by atoms with Crippen molar-refractivity contribution in [2.45, 2.75) is 17.7 Å². The van der Waals surface area contributed by atoms with Gasteiger partial charge < -0.3 is 14.4 Å². The van der Waals surface area contributed by atoms with Gasteiger partial charge in [-0.2, -0.15) is 0 Å². The molecule has 1 aliphatic rings. The van der Waals surface area contributed by atoms with Crippen molar-refractivity contribution in [3.8, 4) is 0 Å². The fourth-order valence-electron chi connectivity index (χ4n) is 3.50. The zero-order valence-electron chi connectivity index (χ0n) is 17.5. The molecule has 1 saturated heterocycles. The van der Waals surface area contributed by atoms with E-state index < -0.39 is 22.0 Å². The molecule has 1 aromatic heterocycles. The maximum Gasteiger partial charge on any atom is 0.339 e. The van der Waals surface area contributed by atoms with Gasteiger partial charge in [0.25, 0.3) is 10.0 Å². The summed E-state index contributed by atoms with van der Waals surface area (Å²) in [6, 6.07) is 8.68. The highest BCUT2D eigenvalue weighted by Crippen LogP contribution is 2.33. The monoisotopic (exact) mass is 475 g/mol. The number of rotatable bonds is 6. The van der Waals surface area contributed by atoms with Gasteiger partial charge in [0.15, 0.2) is 5.13 Å². The molecule has 3 aromatic rings. The lowest BCUT2D eigenvalue weighted by Gasteiger charge is -2.12.